The van der Waals surface area contributed by atoms with E-state index < -0.39 is 0 Å². The van der Waals surface area contributed by atoms with Gasteiger partial charge in [-0.3, -0.25) is 0 Å². The molecule has 3 aromatic rings. The van der Waals surface area contributed by atoms with Gasteiger partial charge in [-0.05, 0) is 48.5 Å². The van der Waals surface area contributed by atoms with Crippen LogP contribution >= 0.6 is 34.7 Å². The number of nitrogens with zero attached hydrogens (tertiary/aromatic N) is 2. The van der Waals surface area contributed by atoms with Crippen LogP contribution < -0.4 is 0 Å². The second kappa shape index (κ2) is 5.12. The van der Waals surface area contributed by atoms with Crippen molar-refractivity contribution < 1.29 is 0 Å². The van der Waals surface area contributed by atoms with Crippen molar-refractivity contribution in [1.29, 1.82) is 0 Å². The summed E-state index contributed by atoms with van der Waals surface area (Å²) in [5, 5.41) is 4.31. The molecule has 0 saturated carbocycles. The van der Waals surface area contributed by atoms with Gasteiger partial charge in [-0.15, -0.1) is 11.3 Å². The number of aryl methyl sites for hydroxylation is 2. The molecule has 2 nitrogen and oxygen atoms in total. The van der Waals surface area contributed by atoms with Crippen LogP contribution in [0.5, 0.6) is 0 Å². The second-order valence-corrected chi connectivity index (χ2v) is 6.57. The lowest BCUT2D eigenvalue weighted by molar-refractivity contribution is 1.10. The van der Waals surface area contributed by atoms with Crippen molar-refractivity contribution in [1.82, 2.24) is 9.97 Å². The zero-order valence-corrected chi connectivity index (χ0v) is 12.9. The van der Waals surface area contributed by atoms with Gasteiger partial charge in [0.05, 0.1) is 0 Å². The number of hydrogen-bond donors (Lipinski definition) is 0. The molecule has 0 atom stereocenters. The molecule has 0 aliphatic heterocycles. The minimum Gasteiger partial charge on any atom is -0.210 e. The maximum absolute atomic E-state index is 5.98. The highest BCUT2D eigenvalue weighted by Crippen LogP contribution is 2.35. The van der Waals surface area contributed by atoms with Crippen LogP contribution in [-0.4, -0.2) is 9.97 Å². The first-order valence-corrected chi connectivity index (χ1v) is 7.87. The first-order valence-electron chi connectivity index (χ1n) is 5.79. The van der Waals surface area contributed by atoms with Crippen LogP contribution in [-0.2, 0) is 0 Å². The fourth-order valence-corrected chi connectivity index (χ4v) is 3.97. The number of fused-ring (bicyclic) bond motifs is 1. The van der Waals surface area contributed by atoms with Crippen molar-refractivity contribution in [2.75, 3.05) is 0 Å². The Hall–Kier alpha value is -1.10. The third-order valence-corrected chi connectivity index (χ3v) is 4.96. The Morgan fingerprint density at radius 2 is 2.00 bits per heavy atom. The first kappa shape index (κ1) is 12.9. The van der Waals surface area contributed by atoms with Gasteiger partial charge in [-0.25, -0.2) is 9.97 Å². The summed E-state index contributed by atoms with van der Waals surface area (Å²) in [6, 6.07) is 8.46. The molecule has 2 aromatic heterocycles. The summed E-state index contributed by atoms with van der Waals surface area (Å²) in [5.74, 6) is 0. The lowest BCUT2D eigenvalue weighted by atomic mass is 10.2. The molecule has 0 saturated heterocycles. The van der Waals surface area contributed by atoms with Crippen LogP contribution in [0.3, 0.4) is 0 Å². The quantitative estimate of drug-likeness (QED) is 0.486. The standard InChI is InChI=1S/C14H11ClN2S2/c1-8-3-4-11(9(2)7-8)19-13-10-5-6-18-12(10)16-14(15)17-13/h3-7H,1-2H3. The van der Waals surface area contributed by atoms with Gasteiger partial charge in [0.25, 0.3) is 0 Å². The smallest absolute Gasteiger partial charge is 0.210 e. The number of hydrogen-bond acceptors (Lipinski definition) is 4. The molecule has 0 spiro atoms. The highest BCUT2D eigenvalue weighted by molar-refractivity contribution is 7.99. The van der Waals surface area contributed by atoms with Gasteiger partial charge in [0.1, 0.15) is 9.86 Å². The molecule has 5 heteroatoms. The van der Waals surface area contributed by atoms with E-state index in [1.807, 2.05) is 11.4 Å². The van der Waals surface area contributed by atoms with Crippen molar-refractivity contribution in [3.63, 3.8) is 0 Å². The molecular formula is C14H11ClN2S2. The molecule has 96 valence electrons. The number of aromatic nitrogens is 2. The molecule has 0 aliphatic rings. The lowest BCUT2D eigenvalue weighted by Crippen LogP contribution is -1.88. The first-order chi connectivity index (χ1) is 9.13. The largest absolute Gasteiger partial charge is 0.224 e. The summed E-state index contributed by atoms with van der Waals surface area (Å²) in [7, 11) is 0. The van der Waals surface area contributed by atoms with Crippen molar-refractivity contribution in [2.24, 2.45) is 0 Å². The fraction of sp³-hybridized carbons (Fsp3) is 0.143. The van der Waals surface area contributed by atoms with Gasteiger partial charge < -0.3 is 0 Å². The van der Waals surface area contributed by atoms with E-state index in [1.54, 1.807) is 23.1 Å². The Balaban J connectivity index is 2.07. The highest BCUT2D eigenvalue weighted by Gasteiger charge is 2.10. The van der Waals surface area contributed by atoms with Crippen molar-refractivity contribution in [2.45, 2.75) is 23.8 Å². The zero-order chi connectivity index (χ0) is 13.4. The van der Waals surface area contributed by atoms with Gasteiger partial charge >= 0.3 is 0 Å². The van der Waals surface area contributed by atoms with E-state index in [1.165, 1.54) is 16.0 Å². The van der Waals surface area contributed by atoms with Crippen LogP contribution in [0.4, 0.5) is 0 Å². The van der Waals surface area contributed by atoms with E-state index in [9.17, 15) is 0 Å². The number of rotatable bonds is 2. The normalized spacial score (nSPS) is 11.1. The Morgan fingerprint density at radius 3 is 2.79 bits per heavy atom. The number of benzene rings is 1. The van der Waals surface area contributed by atoms with Crippen LogP contribution in [0.1, 0.15) is 11.1 Å². The SMILES string of the molecule is Cc1ccc(Sc2nc(Cl)nc3sccc23)c(C)c1. The summed E-state index contributed by atoms with van der Waals surface area (Å²) in [5.41, 5.74) is 2.52. The predicted octanol–water partition coefficient (Wildman–Crippen LogP) is 5.11. The third kappa shape index (κ3) is 2.61. The summed E-state index contributed by atoms with van der Waals surface area (Å²) in [6.45, 7) is 4.21. The van der Waals surface area contributed by atoms with E-state index >= 15 is 0 Å². The monoisotopic (exact) mass is 306 g/mol. The van der Waals surface area contributed by atoms with Crippen LogP contribution in [0.15, 0.2) is 39.6 Å². The maximum Gasteiger partial charge on any atom is 0.224 e. The van der Waals surface area contributed by atoms with Crippen LogP contribution in [0.2, 0.25) is 5.28 Å². The molecular weight excluding hydrogens is 296 g/mol. The molecule has 19 heavy (non-hydrogen) atoms. The van der Waals surface area contributed by atoms with E-state index in [2.05, 4.69) is 42.0 Å². The molecule has 0 unspecified atom stereocenters. The Kier molecular flexibility index (Phi) is 3.48. The molecule has 0 N–H and O–H groups in total. The molecule has 0 amide bonds. The minimum atomic E-state index is 0.308. The molecule has 3 rings (SSSR count). The van der Waals surface area contributed by atoms with E-state index in [4.69, 9.17) is 11.6 Å². The number of thiophene rings is 1. The lowest BCUT2D eigenvalue weighted by Gasteiger charge is -2.07. The van der Waals surface area contributed by atoms with E-state index in [0.717, 1.165) is 15.2 Å². The Morgan fingerprint density at radius 1 is 1.16 bits per heavy atom. The summed E-state index contributed by atoms with van der Waals surface area (Å²) >= 11 is 9.21. The summed E-state index contributed by atoms with van der Waals surface area (Å²) in [4.78, 5) is 10.7. The van der Waals surface area contributed by atoms with Crippen LogP contribution in [0.25, 0.3) is 10.2 Å². The average molecular weight is 307 g/mol. The molecule has 0 radical (unpaired) electrons. The van der Waals surface area contributed by atoms with Crippen molar-refractivity contribution in [3.8, 4) is 0 Å². The Bertz CT molecular complexity index is 752. The van der Waals surface area contributed by atoms with E-state index in [-0.39, 0.29) is 0 Å². The minimum absolute atomic E-state index is 0.308. The molecule has 1 aromatic carbocycles. The van der Waals surface area contributed by atoms with E-state index in [0.29, 0.717) is 5.28 Å². The second-order valence-electron chi connectivity index (χ2n) is 4.31. The molecule has 0 fully saturated rings. The highest BCUT2D eigenvalue weighted by atomic mass is 35.5. The summed E-state index contributed by atoms with van der Waals surface area (Å²) < 4.78 is 0. The van der Waals surface area contributed by atoms with Gasteiger partial charge in [-0.2, -0.15) is 0 Å². The third-order valence-electron chi connectivity index (χ3n) is 2.80. The van der Waals surface area contributed by atoms with Crippen molar-refractivity contribution >= 4 is 44.9 Å². The van der Waals surface area contributed by atoms with Gasteiger partial charge in [-0.1, -0.05) is 29.5 Å². The summed E-state index contributed by atoms with van der Waals surface area (Å²) in [6.07, 6.45) is 0. The Labute approximate surface area is 124 Å². The van der Waals surface area contributed by atoms with Gasteiger partial charge in [0, 0.05) is 10.3 Å². The molecule has 2 heterocycles. The average Bonchev–Trinajstić information content (AvgIpc) is 2.80. The van der Waals surface area contributed by atoms with Crippen LogP contribution in [0, 0.1) is 13.8 Å². The van der Waals surface area contributed by atoms with Crippen molar-refractivity contribution in [3.05, 3.63) is 46.1 Å². The van der Waals surface area contributed by atoms with Gasteiger partial charge in [0.15, 0.2) is 0 Å². The zero-order valence-electron chi connectivity index (χ0n) is 10.5. The number of halogens is 1. The fourth-order valence-electron chi connectivity index (χ4n) is 1.90. The predicted molar refractivity (Wildman–Crippen MR) is 82.5 cm³/mol. The topological polar surface area (TPSA) is 25.8 Å². The maximum atomic E-state index is 5.98. The van der Waals surface area contributed by atoms with Gasteiger partial charge in [0.2, 0.25) is 5.28 Å². The molecule has 0 bridgehead atoms. The molecule has 0 aliphatic carbocycles.